The van der Waals surface area contributed by atoms with Crippen LogP contribution in [0.5, 0.6) is 5.75 Å². The summed E-state index contributed by atoms with van der Waals surface area (Å²) < 4.78 is 11.7. The highest BCUT2D eigenvalue weighted by Gasteiger charge is 2.26. The number of nitrogens with zero attached hydrogens (tertiary/aromatic N) is 1. The number of fused-ring (bicyclic) bond motifs is 1. The van der Waals surface area contributed by atoms with Crippen LogP contribution in [0.25, 0.3) is 11.0 Å². The summed E-state index contributed by atoms with van der Waals surface area (Å²) in [6.45, 7) is 9.62. The normalized spacial score (nSPS) is 21.7. The molecule has 2 aliphatic rings. The van der Waals surface area contributed by atoms with E-state index < -0.39 is 0 Å². The van der Waals surface area contributed by atoms with Crippen LogP contribution in [-0.2, 0) is 0 Å². The molecule has 0 radical (unpaired) electrons. The molecular formula is C32H42N2O3. The number of carbonyl (C=O) groups is 1. The molecule has 1 aliphatic heterocycles. The second-order valence-electron chi connectivity index (χ2n) is 12.0. The molecule has 2 fully saturated rings. The summed E-state index contributed by atoms with van der Waals surface area (Å²) in [5, 5.41) is 4.55. The fourth-order valence-electron chi connectivity index (χ4n) is 6.04. The summed E-state index contributed by atoms with van der Waals surface area (Å²) in [5.74, 6) is 2.21. The number of likely N-dealkylation sites (tertiary alicyclic amines) is 1. The Hall–Kier alpha value is -2.79. The number of rotatable bonds is 7. The van der Waals surface area contributed by atoms with Gasteiger partial charge in [0.15, 0.2) is 0 Å². The van der Waals surface area contributed by atoms with Crippen LogP contribution in [0.2, 0.25) is 0 Å². The number of hydrogen-bond donors (Lipinski definition) is 1. The van der Waals surface area contributed by atoms with E-state index in [1.807, 2.05) is 57.4 Å². The van der Waals surface area contributed by atoms with Gasteiger partial charge >= 0.3 is 0 Å². The van der Waals surface area contributed by atoms with Gasteiger partial charge < -0.3 is 19.4 Å². The molecule has 0 bridgehead atoms. The molecule has 1 aromatic heterocycles. The molecule has 0 unspecified atom stereocenters. The van der Waals surface area contributed by atoms with Crippen molar-refractivity contribution in [2.45, 2.75) is 83.3 Å². The van der Waals surface area contributed by atoms with Crippen LogP contribution in [0.15, 0.2) is 59.2 Å². The van der Waals surface area contributed by atoms with Gasteiger partial charge in [-0.15, -0.1) is 0 Å². The number of amides is 1. The molecule has 37 heavy (non-hydrogen) atoms. The summed E-state index contributed by atoms with van der Waals surface area (Å²) in [4.78, 5) is 15.4. The van der Waals surface area contributed by atoms with Gasteiger partial charge in [-0.05, 0) is 128 Å². The average Bonchev–Trinajstić information content (AvgIpc) is 3.32. The monoisotopic (exact) mass is 502 g/mol. The molecule has 0 atom stereocenters. The van der Waals surface area contributed by atoms with Crippen LogP contribution in [0.3, 0.4) is 0 Å². The Bertz CT molecular complexity index is 1160. The first-order chi connectivity index (χ1) is 17.8. The van der Waals surface area contributed by atoms with Crippen molar-refractivity contribution >= 4 is 16.9 Å². The molecule has 3 aromatic rings. The van der Waals surface area contributed by atoms with E-state index in [2.05, 4.69) is 28.4 Å². The Balaban J connectivity index is 1.01. The third-order valence-electron chi connectivity index (χ3n) is 8.11. The Morgan fingerprint density at radius 1 is 0.973 bits per heavy atom. The number of nitrogens with one attached hydrogen (secondary N) is 1. The maximum absolute atomic E-state index is 12.7. The SMILES string of the molecule is CC(C)(C)Oc1ccc(C(=O)N[C@H]2CC[C@H](CCN3CCC(c4coc5ccccc45)CC3)CC2)cc1. The minimum absolute atomic E-state index is 0.0269. The maximum Gasteiger partial charge on any atom is 0.251 e. The largest absolute Gasteiger partial charge is 0.488 e. The van der Waals surface area contributed by atoms with Crippen LogP contribution < -0.4 is 10.1 Å². The zero-order valence-corrected chi connectivity index (χ0v) is 22.7. The van der Waals surface area contributed by atoms with Gasteiger partial charge in [-0.2, -0.15) is 0 Å². The van der Waals surface area contributed by atoms with Crippen molar-refractivity contribution in [3.05, 3.63) is 65.9 Å². The van der Waals surface area contributed by atoms with Gasteiger partial charge in [0.05, 0.1) is 6.26 Å². The first kappa shape index (κ1) is 25.8. The van der Waals surface area contributed by atoms with E-state index in [1.54, 1.807) is 0 Å². The molecule has 1 saturated carbocycles. The third kappa shape index (κ3) is 6.75. The van der Waals surface area contributed by atoms with Gasteiger partial charge in [0.2, 0.25) is 0 Å². The lowest BCUT2D eigenvalue weighted by Crippen LogP contribution is -2.38. The highest BCUT2D eigenvalue weighted by Crippen LogP contribution is 2.35. The zero-order valence-electron chi connectivity index (χ0n) is 22.7. The first-order valence-electron chi connectivity index (χ1n) is 14.1. The van der Waals surface area contributed by atoms with Gasteiger partial charge in [-0.25, -0.2) is 0 Å². The van der Waals surface area contributed by atoms with Crippen molar-refractivity contribution < 1.29 is 13.9 Å². The summed E-state index contributed by atoms with van der Waals surface area (Å²) in [5.41, 5.74) is 2.87. The molecule has 5 rings (SSSR count). The quantitative estimate of drug-likeness (QED) is 0.372. The fourth-order valence-corrected chi connectivity index (χ4v) is 6.04. The van der Waals surface area contributed by atoms with Crippen molar-refractivity contribution in [1.29, 1.82) is 0 Å². The zero-order chi connectivity index (χ0) is 25.8. The van der Waals surface area contributed by atoms with Gasteiger partial charge in [0.1, 0.15) is 16.9 Å². The molecule has 1 aliphatic carbocycles. The summed E-state index contributed by atoms with van der Waals surface area (Å²) >= 11 is 0. The highest BCUT2D eigenvalue weighted by molar-refractivity contribution is 5.94. The lowest BCUT2D eigenvalue weighted by Gasteiger charge is -2.34. The summed E-state index contributed by atoms with van der Waals surface area (Å²) in [6.07, 6.45) is 10.3. The Morgan fingerprint density at radius 2 is 1.68 bits per heavy atom. The lowest BCUT2D eigenvalue weighted by molar-refractivity contribution is 0.0919. The second kappa shape index (κ2) is 11.3. The number of hydrogen-bond acceptors (Lipinski definition) is 4. The fraction of sp³-hybridized carbons (Fsp3) is 0.531. The molecule has 198 valence electrons. The molecule has 5 heteroatoms. The smallest absolute Gasteiger partial charge is 0.251 e. The minimum atomic E-state index is -0.242. The number of furan rings is 1. The third-order valence-corrected chi connectivity index (χ3v) is 8.11. The van der Waals surface area contributed by atoms with Crippen LogP contribution in [0.4, 0.5) is 0 Å². The predicted molar refractivity (Wildman–Crippen MR) is 149 cm³/mol. The van der Waals surface area contributed by atoms with E-state index in [9.17, 15) is 4.79 Å². The number of ether oxygens (including phenoxy) is 1. The minimum Gasteiger partial charge on any atom is -0.488 e. The van der Waals surface area contributed by atoms with Crippen LogP contribution in [-0.4, -0.2) is 42.1 Å². The van der Waals surface area contributed by atoms with E-state index in [4.69, 9.17) is 9.15 Å². The maximum atomic E-state index is 12.7. The number of benzene rings is 2. The molecule has 1 amide bonds. The van der Waals surface area contributed by atoms with Crippen LogP contribution in [0, 0.1) is 5.92 Å². The van der Waals surface area contributed by atoms with Crippen molar-refractivity contribution in [2.24, 2.45) is 5.92 Å². The van der Waals surface area contributed by atoms with E-state index in [1.165, 1.54) is 62.7 Å². The first-order valence-corrected chi connectivity index (χ1v) is 14.1. The molecule has 5 nitrogen and oxygen atoms in total. The predicted octanol–water partition coefficient (Wildman–Crippen LogP) is 7.17. The Morgan fingerprint density at radius 3 is 2.38 bits per heavy atom. The molecule has 1 N–H and O–H groups in total. The van der Waals surface area contributed by atoms with Crippen molar-refractivity contribution in [3.8, 4) is 5.75 Å². The van der Waals surface area contributed by atoms with E-state index >= 15 is 0 Å². The average molecular weight is 503 g/mol. The summed E-state index contributed by atoms with van der Waals surface area (Å²) in [6, 6.07) is 16.2. The van der Waals surface area contributed by atoms with Crippen LogP contribution in [0.1, 0.15) is 87.6 Å². The topological polar surface area (TPSA) is 54.7 Å². The van der Waals surface area contributed by atoms with Crippen molar-refractivity contribution in [3.63, 3.8) is 0 Å². The molecular weight excluding hydrogens is 460 g/mol. The van der Waals surface area contributed by atoms with Crippen molar-refractivity contribution in [1.82, 2.24) is 10.2 Å². The van der Waals surface area contributed by atoms with Gasteiger partial charge in [-0.1, -0.05) is 18.2 Å². The van der Waals surface area contributed by atoms with E-state index in [0.717, 1.165) is 30.1 Å². The van der Waals surface area contributed by atoms with Gasteiger partial charge in [0.25, 0.3) is 5.91 Å². The summed E-state index contributed by atoms with van der Waals surface area (Å²) in [7, 11) is 0. The molecule has 0 spiro atoms. The standard InChI is InChI=1S/C32H42N2O3/c1-32(2,3)37-27-14-10-25(11-15-27)31(35)33-26-12-8-23(9-13-26)16-19-34-20-17-24(18-21-34)29-22-36-30-7-5-4-6-28(29)30/h4-7,10-11,14-15,22-24,26H,8-9,12-13,16-21H2,1-3H3,(H,33,35)/t23-,26-. The molecule has 1 saturated heterocycles. The number of piperidine rings is 1. The van der Waals surface area contributed by atoms with Gasteiger partial charge in [0, 0.05) is 22.6 Å². The Kier molecular flexibility index (Phi) is 7.89. The van der Waals surface area contributed by atoms with E-state index in [-0.39, 0.29) is 17.6 Å². The van der Waals surface area contributed by atoms with Crippen LogP contribution >= 0.6 is 0 Å². The van der Waals surface area contributed by atoms with Crippen molar-refractivity contribution in [2.75, 3.05) is 19.6 Å². The second-order valence-corrected chi connectivity index (χ2v) is 12.0. The lowest BCUT2D eigenvalue weighted by atomic mass is 9.83. The number of para-hydroxylation sites is 1. The number of carbonyl (C=O) groups excluding carboxylic acids is 1. The van der Waals surface area contributed by atoms with E-state index in [0.29, 0.717) is 11.5 Å². The molecule has 2 aromatic carbocycles. The Labute approximate surface area is 221 Å². The molecule has 2 heterocycles. The van der Waals surface area contributed by atoms with Gasteiger partial charge in [-0.3, -0.25) is 4.79 Å². The highest BCUT2D eigenvalue weighted by atomic mass is 16.5.